The molecule has 0 spiro atoms. The number of anilines is 1. The van der Waals surface area contributed by atoms with Gasteiger partial charge < -0.3 is 20.1 Å². The van der Waals surface area contributed by atoms with Gasteiger partial charge in [-0.1, -0.05) is 30.3 Å². The molecule has 1 aliphatic carbocycles. The van der Waals surface area contributed by atoms with Crippen LogP contribution >= 0.6 is 0 Å². The van der Waals surface area contributed by atoms with Gasteiger partial charge in [0.2, 0.25) is 0 Å². The summed E-state index contributed by atoms with van der Waals surface area (Å²) >= 11 is 0. The van der Waals surface area contributed by atoms with E-state index in [4.69, 9.17) is 4.98 Å². The van der Waals surface area contributed by atoms with Crippen LogP contribution in [0.15, 0.2) is 71.9 Å². The highest BCUT2D eigenvalue weighted by Gasteiger charge is 2.27. The molecule has 2 N–H and O–H groups in total. The molecular weight excluding hydrogens is 484 g/mol. The van der Waals surface area contributed by atoms with Gasteiger partial charge in [0.25, 0.3) is 5.91 Å². The van der Waals surface area contributed by atoms with Crippen LogP contribution in [-0.4, -0.2) is 52.3 Å². The Hall–Kier alpha value is -3.97. The molecule has 4 heterocycles. The van der Waals surface area contributed by atoms with Crippen LogP contribution in [0.1, 0.15) is 60.0 Å². The molecule has 0 bridgehead atoms. The first-order chi connectivity index (χ1) is 19.2. The van der Waals surface area contributed by atoms with Crippen molar-refractivity contribution in [2.45, 2.75) is 51.6 Å². The number of benzene rings is 1. The van der Waals surface area contributed by atoms with Gasteiger partial charge in [-0.15, -0.1) is 0 Å². The summed E-state index contributed by atoms with van der Waals surface area (Å²) in [5, 5.41) is 3.59. The van der Waals surface area contributed by atoms with Crippen molar-refractivity contribution >= 4 is 23.5 Å². The average molecular weight is 521 g/mol. The normalized spacial score (nSPS) is 17.6. The van der Waals surface area contributed by atoms with Crippen molar-refractivity contribution in [3.05, 3.63) is 89.5 Å². The summed E-state index contributed by atoms with van der Waals surface area (Å²) in [6, 6.07) is 16.7. The van der Waals surface area contributed by atoms with Crippen LogP contribution in [0.2, 0.25) is 0 Å². The number of H-pyrrole nitrogens is 1. The number of aromatic amines is 1. The molecule has 39 heavy (non-hydrogen) atoms. The van der Waals surface area contributed by atoms with E-state index in [9.17, 15) is 4.79 Å². The molecule has 1 amide bonds. The smallest absolute Gasteiger partial charge is 0.276 e. The van der Waals surface area contributed by atoms with Crippen LogP contribution < -0.4 is 10.2 Å². The zero-order chi connectivity index (χ0) is 26.6. The fraction of sp³-hybridized carbons (Fsp3) is 0.344. The Bertz CT molecular complexity index is 1420. The maximum Gasteiger partial charge on any atom is 0.276 e. The SMILES string of the molecule is C\C=C/C(=N\C=C\c1cccc(C(=O)N2CCc3cc(CNC4CC4)[nH]c3-c3ccccc32)n1)N1CCCC1. The zero-order valence-corrected chi connectivity index (χ0v) is 22.6. The van der Waals surface area contributed by atoms with E-state index in [2.05, 4.69) is 32.3 Å². The van der Waals surface area contributed by atoms with Crippen LogP contribution in [0.4, 0.5) is 5.69 Å². The lowest BCUT2D eigenvalue weighted by atomic mass is 10.1. The van der Waals surface area contributed by atoms with Crippen LogP contribution in [0.5, 0.6) is 0 Å². The highest BCUT2D eigenvalue weighted by atomic mass is 16.2. The number of amidine groups is 1. The standard InChI is InChI=1S/C32H36N6O/c1-2-8-30(37-18-5-6-19-37)33-17-15-25-9-7-11-28(35-25)32(39)38-20-16-23-21-26(22-34-24-13-14-24)36-31(23)27-10-3-4-12-29(27)38/h2-4,7-12,15,17,21,24,34,36H,5-6,13-14,16,18-20,22H2,1H3/b8-2-,17-15+,33-30+. The van der Waals surface area contributed by atoms with Gasteiger partial charge in [0.05, 0.1) is 17.1 Å². The Morgan fingerprint density at radius 3 is 2.79 bits per heavy atom. The van der Waals surface area contributed by atoms with E-state index >= 15 is 0 Å². The minimum absolute atomic E-state index is 0.0892. The van der Waals surface area contributed by atoms with Gasteiger partial charge >= 0.3 is 0 Å². The van der Waals surface area contributed by atoms with Crippen LogP contribution in [0.25, 0.3) is 17.3 Å². The summed E-state index contributed by atoms with van der Waals surface area (Å²) in [5.74, 6) is 0.878. The second kappa shape index (κ2) is 11.4. The van der Waals surface area contributed by atoms with Crippen molar-refractivity contribution in [2.24, 2.45) is 4.99 Å². The van der Waals surface area contributed by atoms with Gasteiger partial charge in [0, 0.05) is 49.7 Å². The van der Waals surface area contributed by atoms with E-state index in [1.54, 1.807) is 12.3 Å². The number of aliphatic imine (C=N–C) groups is 1. The summed E-state index contributed by atoms with van der Waals surface area (Å²) in [7, 11) is 0. The molecule has 7 nitrogen and oxygen atoms in total. The molecule has 1 saturated heterocycles. The Morgan fingerprint density at radius 1 is 1.13 bits per heavy atom. The van der Waals surface area contributed by atoms with Gasteiger partial charge in [0.15, 0.2) is 0 Å². The number of pyridine rings is 1. The van der Waals surface area contributed by atoms with E-state index < -0.39 is 0 Å². The summed E-state index contributed by atoms with van der Waals surface area (Å²) < 4.78 is 0. The second-order valence-electron chi connectivity index (χ2n) is 10.5. The highest BCUT2D eigenvalue weighted by molar-refractivity contribution is 6.07. The van der Waals surface area contributed by atoms with Crippen LogP contribution in [0.3, 0.4) is 0 Å². The molecule has 2 fully saturated rings. The lowest BCUT2D eigenvalue weighted by Crippen LogP contribution is -2.33. The summed E-state index contributed by atoms with van der Waals surface area (Å²) in [6.45, 7) is 5.54. The van der Waals surface area contributed by atoms with Crippen molar-refractivity contribution in [1.82, 2.24) is 20.2 Å². The number of amides is 1. The number of hydrogen-bond acceptors (Lipinski definition) is 4. The third kappa shape index (κ3) is 5.73. The first-order valence-electron chi connectivity index (χ1n) is 14.1. The summed E-state index contributed by atoms with van der Waals surface area (Å²) in [6.07, 6.45) is 13.5. The number of nitrogens with one attached hydrogen (secondary N) is 2. The lowest BCUT2D eigenvalue weighted by molar-refractivity contribution is 0.0982. The lowest BCUT2D eigenvalue weighted by Gasteiger charge is -2.22. The molecular formula is C32H36N6O. The van der Waals surface area contributed by atoms with E-state index in [1.165, 1.54) is 36.9 Å². The van der Waals surface area contributed by atoms with Crippen molar-refractivity contribution in [3.63, 3.8) is 0 Å². The molecule has 1 saturated carbocycles. The fourth-order valence-electron chi connectivity index (χ4n) is 5.43. The molecule has 0 radical (unpaired) electrons. The van der Waals surface area contributed by atoms with Gasteiger partial charge in [-0.3, -0.25) is 4.79 Å². The van der Waals surface area contributed by atoms with E-state index in [0.717, 1.165) is 48.8 Å². The number of allylic oxidation sites excluding steroid dienone is 1. The molecule has 2 aliphatic heterocycles. The second-order valence-corrected chi connectivity index (χ2v) is 10.5. The zero-order valence-electron chi connectivity index (χ0n) is 22.6. The quantitative estimate of drug-likeness (QED) is 0.315. The molecule has 3 aromatic rings. The number of nitrogens with zero attached hydrogens (tertiary/aromatic N) is 4. The molecule has 1 aromatic carbocycles. The van der Waals surface area contributed by atoms with E-state index in [1.807, 2.05) is 60.4 Å². The third-order valence-corrected chi connectivity index (χ3v) is 7.62. The largest absolute Gasteiger partial charge is 0.357 e. The van der Waals surface area contributed by atoms with Crippen molar-refractivity contribution in [2.75, 3.05) is 24.5 Å². The number of para-hydroxylation sites is 1. The van der Waals surface area contributed by atoms with Crippen molar-refractivity contribution < 1.29 is 4.79 Å². The van der Waals surface area contributed by atoms with Gasteiger partial charge in [-0.05, 0) is 81.0 Å². The maximum absolute atomic E-state index is 13.8. The van der Waals surface area contributed by atoms with Crippen molar-refractivity contribution in [3.8, 4) is 11.3 Å². The molecule has 6 rings (SSSR count). The number of aromatic nitrogens is 2. The topological polar surface area (TPSA) is 76.6 Å². The number of carbonyl (C=O) groups is 1. The highest BCUT2D eigenvalue weighted by Crippen LogP contribution is 2.37. The monoisotopic (exact) mass is 520 g/mol. The minimum atomic E-state index is -0.0892. The molecule has 0 atom stereocenters. The minimum Gasteiger partial charge on any atom is -0.357 e. The number of hydrogen-bond donors (Lipinski definition) is 2. The average Bonchev–Trinajstić information content (AvgIpc) is 3.50. The molecule has 200 valence electrons. The van der Waals surface area contributed by atoms with Crippen LogP contribution in [-0.2, 0) is 13.0 Å². The van der Waals surface area contributed by atoms with Crippen molar-refractivity contribution in [1.29, 1.82) is 0 Å². The number of carbonyl (C=O) groups excluding carboxylic acids is 1. The Morgan fingerprint density at radius 2 is 1.97 bits per heavy atom. The van der Waals surface area contributed by atoms with Gasteiger partial charge in [-0.25, -0.2) is 9.98 Å². The maximum atomic E-state index is 13.8. The predicted molar refractivity (Wildman–Crippen MR) is 158 cm³/mol. The number of rotatable bonds is 7. The third-order valence-electron chi connectivity index (χ3n) is 7.62. The summed E-state index contributed by atoms with van der Waals surface area (Å²) in [5.41, 5.74) is 6.69. The van der Waals surface area contributed by atoms with Crippen LogP contribution in [0, 0.1) is 0 Å². The summed E-state index contributed by atoms with van der Waals surface area (Å²) in [4.78, 5) is 31.0. The molecule has 2 aromatic heterocycles. The first-order valence-corrected chi connectivity index (χ1v) is 14.1. The Balaban J connectivity index is 1.22. The van der Waals surface area contributed by atoms with Gasteiger partial charge in [-0.2, -0.15) is 0 Å². The van der Waals surface area contributed by atoms with Gasteiger partial charge in [0.1, 0.15) is 11.5 Å². The Kier molecular flexibility index (Phi) is 7.41. The number of likely N-dealkylation sites (tertiary alicyclic amines) is 1. The predicted octanol–water partition coefficient (Wildman–Crippen LogP) is 5.57. The van der Waals surface area contributed by atoms with E-state index in [-0.39, 0.29) is 5.91 Å². The van der Waals surface area contributed by atoms with E-state index in [0.29, 0.717) is 24.0 Å². The Labute approximate surface area is 230 Å². The first kappa shape index (κ1) is 25.3. The molecule has 7 heteroatoms. The fourth-order valence-corrected chi connectivity index (χ4v) is 5.43. The molecule has 0 unspecified atom stereocenters. The molecule has 3 aliphatic rings. The number of fused-ring (bicyclic) bond motifs is 3.